The molecule has 3 atom stereocenters. The lowest BCUT2D eigenvalue weighted by atomic mass is 10.1. The summed E-state index contributed by atoms with van der Waals surface area (Å²) in [4.78, 5) is 3.94. The van der Waals surface area contributed by atoms with Crippen LogP contribution in [-0.4, -0.2) is 42.8 Å². The molecule has 2 rings (SSSR count). The summed E-state index contributed by atoms with van der Waals surface area (Å²) in [6, 6.07) is 4.86. The van der Waals surface area contributed by atoms with Crippen molar-refractivity contribution in [3.8, 4) is 0 Å². The van der Waals surface area contributed by atoms with E-state index >= 15 is 0 Å². The van der Waals surface area contributed by atoms with Crippen LogP contribution in [0.1, 0.15) is 25.6 Å². The van der Waals surface area contributed by atoms with E-state index in [9.17, 15) is 0 Å². The van der Waals surface area contributed by atoms with E-state index in [0.29, 0.717) is 18.2 Å². The van der Waals surface area contributed by atoms with Gasteiger partial charge in [0, 0.05) is 37.1 Å². The third-order valence-corrected chi connectivity index (χ3v) is 4.27. The fraction of sp³-hybridized carbons (Fsp3) is 0.714. The molecule has 0 aromatic carbocycles. The topological polar surface area (TPSA) is 24.5 Å². The van der Waals surface area contributed by atoms with Crippen molar-refractivity contribution in [3.05, 3.63) is 22.4 Å². The first-order valence-corrected chi connectivity index (χ1v) is 7.65. The summed E-state index contributed by atoms with van der Waals surface area (Å²) < 4.78 is 5.77. The molecular formula is C14H24N2OS. The highest BCUT2D eigenvalue weighted by Gasteiger charge is 2.25. The SMILES string of the molecule is CC(CNCc1cccs1)N1C[C@@H](C)O[C@@H](C)C1. The number of ether oxygens (including phenoxy) is 1. The molecule has 1 aliphatic rings. The normalized spacial score (nSPS) is 27.3. The molecule has 0 radical (unpaired) electrons. The van der Waals surface area contributed by atoms with Gasteiger partial charge in [-0.25, -0.2) is 0 Å². The lowest BCUT2D eigenvalue weighted by Gasteiger charge is -2.39. The summed E-state index contributed by atoms with van der Waals surface area (Å²) in [6.07, 6.45) is 0.710. The van der Waals surface area contributed by atoms with Gasteiger partial charge in [-0.15, -0.1) is 11.3 Å². The summed E-state index contributed by atoms with van der Waals surface area (Å²) in [7, 11) is 0. The number of thiophene rings is 1. The number of hydrogen-bond acceptors (Lipinski definition) is 4. The van der Waals surface area contributed by atoms with Crippen molar-refractivity contribution in [2.24, 2.45) is 0 Å². The van der Waals surface area contributed by atoms with Gasteiger partial charge in [0.15, 0.2) is 0 Å². The van der Waals surface area contributed by atoms with Crippen molar-refractivity contribution in [1.29, 1.82) is 0 Å². The van der Waals surface area contributed by atoms with E-state index in [1.165, 1.54) is 4.88 Å². The van der Waals surface area contributed by atoms with Crippen LogP contribution in [0.2, 0.25) is 0 Å². The van der Waals surface area contributed by atoms with Crippen molar-refractivity contribution in [3.63, 3.8) is 0 Å². The van der Waals surface area contributed by atoms with Gasteiger partial charge in [0.05, 0.1) is 12.2 Å². The van der Waals surface area contributed by atoms with Gasteiger partial charge in [-0.05, 0) is 32.2 Å². The second-order valence-electron chi connectivity index (χ2n) is 5.27. The van der Waals surface area contributed by atoms with Crippen molar-refractivity contribution >= 4 is 11.3 Å². The van der Waals surface area contributed by atoms with Gasteiger partial charge in [-0.2, -0.15) is 0 Å². The van der Waals surface area contributed by atoms with E-state index in [2.05, 4.69) is 48.5 Å². The Balaban J connectivity index is 1.72. The molecule has 4 heteroatoms. The molecule has 0 aliphatic carbocycles. The zero-order valence-electron chi connectivity index (χ0n) is 11.6. The van der Waals surface area contributed by atoms with Crippen LogP contribution in [-0.2, 0) is 11.3 Å². The Morgan fingerprint density at radius 3 is 2.78 bits per heavy atom. The minimum atomic E-state index is 0.355. The number of hydrogen-bond donors (Lipinski definition) is 1. The highest BCUT2D eigenvalue weighted by molar-refractivity contribution is 7.09. The van der Waals surface area contributed by atoms with Crippen LogP contribution >= 0.6 is 11.3 Å². The lowest BCUT2D eigenvalue weighted by molar-refractivity contribution is -0.0781. The molecule has 0 bridgehead atoms. The second-order valence-corrected chi connectivity index (χ2v) is 6.30. The maximum absolute atomic E-state index is 5.77. The Morgan fingerprint density at radius 2 is 2.17 bits per heavy atom. The van der Waals surface area contributed by atoms with Gasteiger partial charge >= 0.3 is 0 Å². The molecule has 1 aromatic heterocycles. The van der Waals surface area contributed by atoms with Gasteiger partial charge < -0.3 is 10.1 Å². The molecule has 1 N–H and O–H groups in total. The third kappa shape index (κ3) is 4.05. The first-order chi connectivity index (χ1) is 8.65. The molecule has 102 valence electrons. The van der Waals surface area contributed by atoms with Crippen LogP contribution < -0.4 is 5.32 Å². The highest BCUT2D eigenvalue weighted by atomic mass is 32.1. The Kier molecular flexibility index (Phi) is 5.18. The van der Waals surface area contributed by atoms with Crippen molar-refractivity contribution in [1.82, 2.24) is 10.2 Å². The van der Waals surface area contributed by atoms with E-state index < -0.39 is 0 Å². The molecule has 0 spiro atoms. The number of nitrogens with zero attached hydrogens (tertiary/aromatic N) is 1. The fourth-order valence-corrected chi connectivity index (χ4v) is 3.20. The minimum absolute atomic E-state index is 0.355. The minimum Gasteiger partial charge on any atom is -0.373 e. The van der Waals surface area contributed by atoms with Gasteiger partial charge in [0.2, 0.25) is 0 Å². The van der Waals surface area contributed by atoms with E-state index in [1.807, 2.05) is 11.3 Å². The zero-order chi connectivity index (χ0) is 13.0. The Bertz CT molecular complexity index is 332. The summed E-state index contributed by atoms with van der Waals surface area (Å²) >= 11 is 1.81. The van der Waals surface area contributed by atoms with E-state index in [-0.39, 0.29) is 0 Å². The number of morpholine rings is 1. The van der Waals surface area contributed by atoms with Crippen molar-refractivity contribution in [2.75, 3.05) is 19.6 Å². The van der Waals surface area contributed by atoms with Gasteiger partial charge in [0.25, 0.3) is 0 Å². The molecular weight excluding hydrogens is 244 g/mol. The Morgan fingerprint density at radius 1 is 1.44 bits per heavy atom. The predicted octanol–water partition coefficient (Wildman–Crippen LogP) is 2.34. The predicted molar refractivity (Wildman–Crippen MR) is 77.1 cm³/mol. The number of nitrogens with one attached hydrogen (secondary N) is 1. The largest absolute Gasteiger partial charge is 0.373 e. The van der Waals surface area contributed by atoms with Gasteiger partial charge in [0.1, 0.15) is 0 Å². The van der Waals surface area contributed by atoms with Crippen LogP contribution in [0, 0.1) is 0 Å². The third-order valence-electron chi connectivity index (χ3n) is 3.39. The van der Waals surface area contributed by atoms with Crippen LogP contribution in [0.5, 0.6) is 0 Å². The van der Waals surface area contributed by atoms with Crippen molar-refractivity contribution in [2.45, 2.75) is 45.6 Å². The average Bonchev–Trinajstić information content (AvgIpc) is 2.80. The maximum Gasteiger partial charge on any atom is 0.0678 e. The first-order valence-electron chi connectivity index (χ1n) is 6.77. The van der Waals surface area contributed by atoms with E-state index in [0.717, 1.165) is 26.2 Å². The van der Waals surface area contributed by atoms with Crippen LogP contribution in [0.4, 0.5) is 0 Å². The number of rotatable bonds is 5. The molecule has 1 fully saturated rings. The Labute approximate surface area is 114 Å². The van der Waals surface area contributed by atoms with Gasteiger partial charge in [-0.1, -0.05) is 6.07 Å². The summed E-state index contributed by atoms with van der Waals surface area (Å²) in [6.45, 7) is 10.7. The smallest absolute Gasteiger partial charge is 0.0678 e. The first kappa shape index (κ1) is 14.0. The van der Waals surface area contributed by atoms with E-state index in [1.54, 1.807) is 0 Å². The molecule has 0 saturated carbocycles. The van der Waals surface area contributed by atoms with E-state index in [4.69, 9.17) is 4.74 Å². The van der Waals surface area contributed by atoms with Crippen molar-refractivity contribution < 1.29 is 4.74 Å². The van der Waals surface area contributed by atoms with Gasteiger partial charge in [-0.3, -0.25) is 4.90 Å². The second kappa shape index (κ2) is 6.66. The maximum atomic E-state index is 5.77. The van der Waals surface area contributed by atoms with Crippen LogP contribution in [0.3, 0.4) is 0 Å². The molecule has 1 aromatic rings. The summed E-state index contributed by atoms with van der Waals surface area (Å²) in [5, 5.41) is 5.67. The monoisotopic (exact) mass is 268 g/mol. The molecule has 0 amide bonds. The van der Waals surface area contributed by atoms with Crippen LogP contribution in [0.15, 0.2) is 17.5 Å². The Hall–Kier alpha value is -0.420. The molecule has 1 saturated heterocycles. The summed E-state index contributed by atoms with van der Waals surface area (Å²) in [5.41, 5.74) is 0. The average molecular weight is 268 g/mol. The fourth-order valence-electron chi connectivity index (χ4n) is 2.52. The quantitative estimate of drug-likeness (QED) is 0.887. The standard InChI is InChI=1S/C14H24N2OS/c1-11(7-15-8-14-5-4-6-18-14)16-9-12(2)17-13(3)10-16/h4-6,11-13,15H,7-10H2,1-3H3/t11?,12-,13+. The molecule has 2 heterocycles. The highest BCUT2D eigenvalue weighted by Crippen LogP contribution is 2.13. The van der Waals surface area contributed by atoms with Crippen LogP contribution in [0.25, 0.3) is 0 Å². The summed E-state index contributed by atoms with van der Waals surface area (Å²) in [5.74, 6) is 0. The zero-order valence-corrected chi connectivity index (χ0v) is 12.4. The molecule has 18 heavy (non-hydrogen) atoms. The molecule has 1 aliphatic heterocycles. The molecule has 3 nitrogen and oxygen atoms in total. The lowest BCUT2D eigenvalue weighted by Crippen LogP contribution is -2.51. The molecule has 1 unspecified atom stereocenters.